The van der Waals surface area contributed by atoms with E-state index < -0.39 is 5.97 Å². The maximum atomic E-state index is 12.9. The molecule has 0 aliphatic carbocycles. The molecule has 6 heteroatoms. The summed E-state index contributed by atoms with van der Waals surface area (Å²) in [5.41, 5.74) is 0.839. The van der Waals surface area contributed by atoms with Gasteiger partial charge in [0.1, 0.15) is 0 Å². The van der Waals surface area contributed by atoms with Crippen LogP contribution in [-0.4, -0.2) is 30.8 Å². The predicted octanol–water partition coefficient (Wildman–Crippen LogP) is 5.55. The van der Waals surface area contributed by atoms with E-state index in [0.717, 1.165) is 12.8 Å². The van der Waals surface area contributed by atoms with Crippen molar-refractivity contribution in [3.63, 3.8) is 0 Å². The third-order valence-electron chi connectivity index (χ3n) is 5.22. The second-order valence-electron chi connectivity index (χ2n) is 7.73. The number of ether oxygens (including phenoxy) is 3. The number of H-pyrrole nitrogens is 1. The van der Waals surface area contributed by atoms with Crippen LogP contribution >= 0.6 is 0 Å². The van der Waals surface area contributed by atoms with Gasteiger partial charge in [0.05, 0.1) is 31.8 Å². The van der Waals surface area contributed by atoms with E-state index >= 15 is 0 Å². The first-order valence-corrected chi connectivity index (χ1v) is 11.7. The maximum Gasteiger partial charge on any atom is 0.310 e. The van der Waals surface area contributed by atoms with Crippen molar-refractivity contribution in [3.8, 4) is 11.5 Å². The first kappa shape index (κ1) is 24.8. The molecule has 0 radical (unpaired) electrons. The fraction of sp³-hybridized carbons (Fsp3) is 0.600. The fourth-order valence-corrected chi connectivity index (χ4v) is 3.57. The maximum absolute atomic E-state index is 12.9. The van der Waals surface area contributed by atoms with Gasteiger partial charge in [0.25, 0.3) is 0 Å². The summed E-state index contributed by atoms with van der Waals surface area (Å²) in [5.74, 6) is 0.767. The van der Waals surface area contributed by atoms with Gasteiger partial charge < -0.3 is 19.2 Å². The Morgan fingerprint density at radius 2 is 1.55 bits per heavy atom. The number of carbonyl (C=O) groups excluding carboxylic acids is 1. The second kappa shape index (κ2) is 13.7. The lowest BCUT2D eigenvalue weighted by Gasteiger charge is -2.13. The number of rotatable bonds is 15. The molecule has 1 aromatic heterocycles. The minimum absolute atomic E-state index is 0.0548. The average molecular weight is 432 g/mol. The summed E-state index contributed by atoms with van der Waals surface area (Å²) in [6.45, 7) is 7.27. The third kappa shape index (κ3) is 7.93. The van der Waals surface area contributed by atoms with Crippen molar-refractivity contribution >= 4 is 16.9 Å². The molecule has 0 saturated heterocycles. The molecule has 0 saturated carbocycles. The highest BCUT2D eigenvalue weighted by atomic mass is 16.5. The Morgan fingerprint density at radius 3 is 2.23 bits per heavy atom. The van der Waals surface area contributed by atoms with E-state index in [9.17, 15) is 9.59 Å². The van der Waals surface area contributed by atoms with E-state index in [0.29, 0.717) is 47.8 Å². The zero-order valence-electron chi connectivity index (χ0n) is 19.3. The van der Waals surface area contributed by atoms with Crippen LogP contribution in [0.4, 0.5) is 0 Å². The normalized spacial score (nSPS) is 10.9. The fourth-order valence-electron chi connectivity index (χ4n) is 3.57. The molecule has 172 valence electrons. The highest BCUT2D eigenvalue weighted by Gasteiger charge is 2.14. The minimum Gasteiger partial charge on any atom is -0.490 e. The highest BCUT2D eigenvalue weighted by Crippen LogP contribution is 2.31. The molecule has 1 aromatic carbocycles. The largest absolute Gasteiger partial charge is 0.490 e. The zero-order valence-corrected chi connectivity index (χ0v) is 19.3. The van der Waals surface area contributed by atoms with E-state index in [-0.39, 0.29) is 11.8 Å². The van der Waals surface area contributed by atoms with Crippen LogP contribution in [0.25, 0.3) is 10.9 Å². The summed E-state index contributed by atoms with van der Waals surface area (Å²) in [6.07, 6.45) is 11.3. The Bertz CT molecular complexity index is 874. The number of hydrogen-bond donors (Lipinski definition) is 1. The second-order valence-corrected chi connectivity index (χ2v) is 7.73. The monoisotopic (exact) mass is 431 g/mol. The molecule has 0 spiro atoms. The molecule has 0 atom stereocenters. The van der Waals surface area contributed by atoms with E-state index in [4.69, 9.17) is 14.2 Å². The number of fused-ring (bicyclic) bond motifs is 1. The standard InChI is InChI=1S/C25H37NO5/c1-4-7-8-9-10-11-12-13-14-31-22-16-20-21(17-23(22)29-5-2)26-18-19(25(20)28)15-24(27)30-6-3/h16-18H,4-15H2,1-3H3,(H,26,28). The van der Waals surface area contributed by atoms with Crippen molar-refractivity contribution in [2.45, 2.75) is 78.6 Å². The van der Waals surface area contributed by atoms with Crippen LogP contribution in [-0.2, 0) is 16.0 Å². The van der Waals surface area contributed by atoms with Crippen molar-refractivity contribution in [2.24, 2.45) is 0 Å². The highest BCUT2D eigenvalue weighted by molar-refractivity contribution is 5.84. The van der Waals surface area contributed by atoms with Crippen molar-refractivity contribution in [3.05, 3.63) is 34.1 Å². The van der Waals surface area contributed by atoms with Crippen molar-refractivity contribution in [1.82, 2.24) is 4.98 Å². The molecule has 0 aliphatic heterocycles. The number of aromatic nitrogens is 1. The smallest absolute Gasteiger partial charge is 0.310 e. The predicted molar refractivity (Wildman–Crippen MR) is 124 cm³/mol. The van der Waals surface area contributed by atoms with E-state index in [2.05, 4.69) is 11.9 Å². The lowest BCUT2D eigenvalue weighted by Crippen LogP contribution is -2.17. The molecule has 6 nitrogen and oxygen atoms in total. The summed E-state index contributed by atoms with van der Waals surface area (Å²) in [7, 11) is 0. The molecule has 0 bridgehead atoms. The van der Waals surface area contributed by atoms with Gasteiger partial charge in [0.15, 0.2) is 16.9 Å². The number of pyridine rings is 1. The Balaban J connectivity index is 2.04. The Labute approximate surface area is 185 Å². The number of unbranched alkanes of at least 4 members (excludes halogenated alkanes) is 7. The van der Waals surface area contributed by atoms with Crippen LogP contribution in [0.1, 0.15) is 77.7 Å². The van der Waals surface area contributed by atoms with Crippen molar-refractivity contribution in [2.75, 3.05) is 19.8 Å². The SMILES string of the molecule is CCCCCCCCCCOc1cc2c(=O)c(CC(=O)OCC)c[nH]c2cc1OCC. The van der Waals surface area contributed by atoms with Gasteiger partial charge in [-0.1, -0.05) is 51.9 Å². The topological polar surface area (TPSA) is 77.6 Å². The van der Waals surface area contributed by atoms with Gasteiger partial charge >= 0.3 is 5.97 Å². The lowest BCUT2D eigenvalue weighted by molar-refractivity contribution is -0.142. The van der Waals surface area contributed by atoms with Crippen LogP contribution in [0.15, 0.2) is 23.1 Å². The van der Waals surface area contributed by atoms with Crippen LogP contribution < -0.4 is 14.9 Å². The number of aromatic amines is 1. The van der Waals surface area contributed by atoms with Gasteiger partial charge in [0.2, 0.25) is 0 Å². The molecule has 1 heterocycles. The molecule has 0 fully saturated rings. The quantitative estimate of drug-likeness (QED) is 0.295. The molecule has 2 rings (SSSR count). The Hall–Kier alpha value is -2.50. The molecular formula is C25H37NO5. The van der Waals surface area contributed by atoms with Gasteiger partial charge in [-0.05, 0) is 26.3 Å². The molecule has 1 N–H and O–H groups in total. The molecule has 2 aromatic rings. The first-order valence-electron chi connectivity index (χ1n) is 11.7. The number of esters is 1. The lowest BCUT2D eigenvalue weighted by atomic mass is 10.1. The van der Waals surface area contributed by atoms with Gasteiger partial charge in [-0.2, -0.15) is 0 Å². The first-order chi connectivity index (χ1) is 15.1. The molecule has 0 amide bonds. The van der Waals surface area contributed by atoms with Crippen molar-refractivity contribution < 1.29 is 19.0 Å². The van der Waals surface area contributed by atoms with Gasteiger partial charge in [0, 0.05) is 23.2 Å². The number of hydrogen-bond acceptors (Lipinski definition) is 5. The summed E-state index contributed by atoms with van der Waals surface area (Å²) in [5, 5.41) is 0.483. The summed E-state index contributed by atoms with van der Waals surface area (Å²) in [6, 6.07) is 3.51. The molecular weight excluding hydrogens is 394 g/mol. The molecule has 0 unspecified atom stereocenters. The number of nitrogens with one attached hydrogen (secondary N) is 1. The Kier molecular flexibility index (Phi) is 11.0. The van der Waals surface area contributed by atoms with E-state index in [1.165, 1.54) is 38.5 Å². The average Bonchev–Trinajstić information content (AvgIpc) is 2.75. The molecule has 31 heavy (non-hydrogen) atoms. The van der Waals surface area contributed by atoms with E-state index in [1.807, 2.05) is 6.92 Å². The van der Waals surface area contributed by atoms with Crippen LogP contribution in [0.5, 0.6) is 11.5 Å². The molecule has 0 aliphatic rings. The number of carbonyl (C=O) groups is 1. The van der Waals surface area contributed by atoms with Gasteiger partial charge in [-0.15, -0.1) is 0 Å². The van der Waals surface area contributed by atoms with Crippen molar-refractivity contribution in [1.29, 1.82) is 0 Å². The van der Waals surface area contributed by atoms with Gasteiger partial charge in [-0.25, -0.2) is 0 Å². The van der Waals surface area contributed by atoms with Crippen LogP contribution in [0.3, 0.4) is 0 Å². The van der Waals surface area contributed by atoms with Crippen LogP contribution in [0.2, 0.25) is 0 Å². The summed E-state index contributed by atoms with van der Waals surface area (Å²) < 4.78 is 16.7. The zero-order chi connectivity index (χ0) is 22.5. The Morgan fingerprint density at radius 1 is 0.871 bits per heavy atom. The minimum atomic E-state index is -0.413. The van der Waals surface area contributed by atoms with Gasteiger partial charge in [-0.3, -0.25) is 9.59 Å². The summed E-state index contributed by atoms with van der Waals surface area (Å²) >= 11 is 0. The van der Waals surface area contributed by atoms with Crippen LogP contribution in [0, 0.1) is 0 Å². The summed E-state index contributed by atoms with van der Waals surface area (Å²) in [4.78, 5) is 27.8. The third-order valence-corrected chi connectivity index (χ3v) is 5.22. The van der Waals surface area contributed by atoms with E-state index in [1.54, 1.807) is 25.3 Å². The number of benzene rings is 1.